The predicted molar refractivity (Wildman–Crippen MR) is 82.5 cm³/mol. The molecule has 0 radical (unpaired) electrons. The molecule has 118 valence electrons. The molecule has 2 heterocycles. The number of fused-ring (bicyclic) bond motifs is 1. The Morgan fingerprint density at radius 2 is 2.00 bits per heavy atom. The van der Waals surface area contributed by atoms with Crippen molar-refractivity contribution in [1.82, 2.24) is 4.90 Å². The Labute approximate surface area is 136 Å². The minimum Gasteiger partial charge on any atom is -0.459 e. The Balaban J connectivity index is 1.77. The van der Waals surface area contributed by atoms with E-state index in [0.29, 0.717) is 0 Å². The standard InChI is InChI=1S/C15H16ClNO4S/c1-15(2)11(17-12(18)10(16)13(17)22(15)20)14(19)21-8-9-6-4-3-5-7-9/h3-7,10-11,13H,8H2,1-2H3/t10-,11-,13+,22+/m0/s1. The second kappa shape index (κ2) is 5.35. The number of β-lactam (4-membered cyclic amide) rings is 1. The minimum atomic E-state index is -1.40. The normalized spacial score (nSPS) is 32.3. The fraction of sp³-hybridized carbons (Fsp3) is 0.467. The van der Waals surface area contributed by atoms with Crippen molar-refractivity contribution in [3.8, 4) is 0 Å². The smallest absolute Gasteiger partial charge is 0.330 e. The SMILES string of the molecule is CC1(C)[C@H](C(=O)OCc2ccccc2)N2C(=O)[C@H](Cl)[C@H]2[S@]1=O. The Bertz CT molecular complexity index is 648. The number of ether oxygens (including phenoxy) is 1. The zero-order valence-corrected chi connectivity index (χ0v) is 13.8. The number of benzene rings is 1. The van der Waals surface area contributed by atoms with Gasteiger partial charge in [0.15, 0.2) is 0 Å². The summed E-state index contributed by atoms with van der Waals surface area (Å²) in [5.74, 6) is -0.895. The van der Waals surface area contributed by atoms with Gasteiger partial charge in [0.05, 0.1) is 15.5 Å². The Kier molecular flexibility index (Phi) is 3.77. The Hall–Kier alpha value is -1.40. The first-order valence-electron chi connectivity index (χ1n) is 6.93. The van der Waals surface area contributed by atoms with E-state index in [2.05, 4.69) is 0 Å². The lowest BCUT2D eigenvalue weighted by Crippen LogP contribution is -2.64. The van der Waals surface area contributed by atoms with Crippen molar-refractivity contribution < 1.29 is 18.5 Å². The molecule has 0 aliphatic carbocycles. The summed E-state index contributed by atoms with van der Waals surface area (Å²) in [7, 11) is -1.40. The first kappa shape index (κ1) is 15.5. The number of hydrogen-bond donors (Lipinski definition) is 0. The molecule has 1 aromatic carbocycles. The summed E-state index contributed by atoms with van der Waals surface area (Å²) in [6.45, 7) is 3.52. The molecule has 5 nitrogen and oxygen atoms in total. The quantitative estimate of drug-likeness (QED) is 0.474. The summed E-state index contributed by atoms with van der Waals surface area (Å²) in [5, 5.41) is -1.41. The van der Waals surface area contributed by atoms with Crippen LogP contribution in [-0.4, -0.2) is 42.5 Å². The molecule has 0 aromatic heterocycles. The van der Waals surface area contributed by atoms with Crippen LogP contribution >= 0.6 is 11.6 Å². The lowest BCUT2D eigenvalue weighted by atomic mass is 9.98. The monoisotopic (exact) mass is 341 g/mol. The molecule has 0 bridgehead atoms. The van der Waals surface area contributed by atoms with Crippen LogP contribution in [0.2, 0.25) is 0 Å². The van der Waals surface area contributed by atoms with E-state index in [9.17, 15) is 13.8 Å². The number of esters is 1. The van der Waals surface area contributed by atoms with Crippen LogP contribution < -0.4 is 0 Å². The van der Waals surface area contributed by atoms with Gasteiger partial charge >= 0.3 is 5.97 Å². The van der Waals surface area contributed by atoms with E-state index in [-0.39, 0.29) is 12.5 Å². The summed E-state index contributed by atoms with van der Waals surface area (Å²) >= 11 is 5.93. The van der Waals surface area contributed by atoms with Gasteiger partial charge in [-0.05, 0) is 19.4 Å². The molecular weight excluding hydrogens is 326 g/mol. The molecule has 0 saturated carbocycles. The zero-order valence-electron chi connectivity index (χ0n) is 12.2. The summed E-state index contributed by atoms with van der Waals surface area (Å²) in [6, 6.07) is 8.41. The molecule has 4 atom stereocenters. The summed E-state index contributed by atoms with van der Waals surface area (Å²) in [4.78, 5) is 25.7. The van der Waals surface area contributed by atoms with E-state index in [1.807, 2.05) is 30.3 Å². The predicted octanol–water partition coefficient (Wildman–Crippen LogP) is 1.42. The first-order chi connectivity index (χ1) is 10.4. The molecule has 7 heteroatoms. The van der Waals surface area contributed by atoms with E-state index in [4.69, 9.17) is 16.3 Å². The third-order valence-corrected chi connectivity index (χ3v) is 6.91. The van der Waals surface area contributed by atoms with Crippen LogP contribution in [0.5, 0.6) is 0 Å². The van der Waals surface area contributed by atoms with Gasteiger partial charge in [-0.15, -0.1) is 11.6 Å². The molecule has 1 aromatic rings. The van der Waals surface area contributed by atoms with E-state index >= 15 is 0 Å². The maximum Gasteiger partial charge on any atom is 0.330 e. The zero-order chi connectivity index (χ0) is 16.1. The summed E-state index contributed by atoms with van der Waals surface area (Å²) in [5.41, 5.74) is 0.856. The molecule has 3 rings (SSSR count). The van der Waals surface area contributed by atoms with Crippen LogP contribution in [0.4, 0.5) is 0 Å². The number of carbonyl (C=O) groups is 2. The van der Waals surface area contributed by atoms with Crippen molar-refractivity contribution in [2.75, 3.05) is 0 Å². The van der Waals surface area contributed by atoms with Crippen LogP contribution in [0.25, 0.3) is 0 Å². The highest BCUT2D eigenvalue weighted by Crippen LogP contribution is 2.45. The van der Waals surface area contributed by atoms with Gasteiger partial charge in [-0.3, -0.25) is 9.00 Å². The average molecular weight is 342 g/mol. The van der Waals surface area contributed by atoms with Crippen molar-refractivity contribution in [1.29, 1.82) is 0 Å². The van der Waals surface area contributed by atoms with Crippen LogP contribution in [0.3, 0.4) is 0 Å². The van der Waals surface area contributed by atoms with Crippen LogP contribution in [0.15, 0.2) is 30.3 Å². The van der Waals surface area contributed by atoms with Crippen LogP contribution in [-0.2, 0) is 31.7 Å². The maximum absolute atomic E-state index is 12.5. The largest absolute Gasteiger partial charge is 0.459 e. The third kappa shape index (κ3) is 2.16. The second-order valence-electron chi connectivity index (χ2n) is 5.93. The highest BCUT2D eigenvalue weighted by atomic mass is 35.5. The van der Waals surface area contributed by atoms with E-state index in [1.165, 1.54) is 4.90 Å². The highest BCUT2D eigenvalue weighted by molar-refractivity contribution is 7.87. The van der Waals surface area contributed by atoms with Gasteiger partial charge < -0.3 is 9.64 Å². The number of hydrogen-bond acceptors (Lipinski definition) is 4. The van der Waals surface area contributed by atoms with Crippen molar-refractivity contribution >= 4 is 34.3 Å². The molecule has 0 N–H and O–H groups in total. The summed E-state index contributed by atoms with van der Waals surface area (Å²) in [6.07, 6.45) is 0. The number of carbonyl (C=O) groups excluding carboxylic acids is 2. The van der Waals surface area contributed by atoms with Gasteiger partial charge in [0.2, 0.25) is 5.91 Å². The van der Waals surface area contributed by atoms with E-state index in [1.54, 1.807) is 13.8 Å². The van der Waals surface area contributed by atoms with E-state index < -0.39 is 38.3 Å². The number of nitrogens with zero attached hydrogens (tertiary/aromatic N) is 1. The van der Waals surface area contributed by atoms with Gasteiger partial charge in [-0.1, -0.05) is 30.3 Å². The van der Waals surface area contributed by atoms with Crippen molar-refractivity contribution in [3.05, 3.63) is 35.9 Å². The molecule has 0 unspecified atom stereocenters. The molecule has 2 fully saturated rings. The summed E-state index contributed by atoms with van der Waals surface area (Å²) < 4.78 is 16.9. The molecular formula is C15H16ClNO4S. The molecule has 1 amide bonds. The maximum atomic E-state index is 12.5. The fourth-order valence-electron chi connectivity index (χ4n) is 2.90. The van der Waals surface area contributed by atoms with Gasteiger partial charge in [0.25, 0.3) is 0 Å². The highest BCUT2D eigenvalue weighted by Gasteiger charge is 2.67. The molecule has 2 saturated heterocycles. The average Bonchev–Trinajstić information content (AvgIpc) is 2.70. The Morgan fingerprint density at radius 1 is 1.36 bits per heavy atom. The fourth-order valence-corrected chi connectivity index (χ4v) is 5.23. The van der Waals surface area contributed by atoms with Crippen molar-refractivity contribution in [2.45, 2.75) is 42.0 Å². The molecule has 2 aliphatic rings. The molecule has 22 heavy (non-hydrogen) atoms. The lowest BCUT2D eigenvalue weighted by Gasteiger charge is -2.40. The van der Waals surface area contributed by atoms with Crippen LogP contribution in [0.1, 0.15) is 19.4 Å². The van der Waals surface area contributed by atoms with Gasteiger partial charge in [-0.25, -0.2) is 4.79 Å². The molecule has 2 aliphatic heterocycles. The number of rotatable bonds is 3. The second-order valence-corrected chi connectivity index (χ2v) is 8.53. The number of halogens is 1. The van der Waals surface area contributed by atoms with Gasteiger partial charge in [0, 0.05) is 0 Å². The van der Waals surface area contributed by atoms with Crippen LogP contribution in [0, 0.1) is 0 Å². The number of amides is 1. The van der Waals surface area contributed by atoms with Crippen molar-refractivity contribution in [3.63, 3.8) is 0 Å². The first-order valence-corrected chi connectivity index (χ1v) is 8.58. The molecule has 0 spiro atoms. The van der Waals surface area contributed by atoms with Gasteiger partial charge in [0.1, 0.15) is 23.4 Å². The van der Waals surface area contributed by atoms with E-state index in [0.717, 1.165) is 5.56 Å². The lowest BCUT2D eigenvalue weighted by molar-refractivity contribution is -0.161. The topological polar surface area (TPSA) is 63.7 Å². The Morgan fingerprint density at radius 3 is 2.64 bits per heavy atom. The van der Waals surface area contributed by atoms with Gasteiger partial charge in [-0.2, -0.15) is 0 Å². The minimum absolute atomic E-state index is 0.121. The third-order valence-electron chi connectivity index (χ3n) is 4.14. The number of alkyl halides is 1. The van der Waals surface area contributed by atoms with Crippen molar-refractivity contribution in [2.24, 2.45) is 0 Å².